The molecule has 3 rings (SSSR count). The minimum Gasteiger partial charge on any atom is -0.383 e. The van der Waals surface area contributed by atoms with Crippen molar-refractivity contribution in [2.45, 2.75) is 25.5 Å². The lowest BCUT2D eigenvalue weighted by molar-refractivity contribution is -0.384. The first-order valence-corrected chi connectivity index (χ1v) is 10.8. The van der Waals surface area contributed by atoms with Gasteiger partial charge < -0.3 is 10.1 Å². The van der Waals surface area contributed by atoms with Crippen LogP contribution in [-0.4, -0.2) is 52.3 Å². The number of benzene rings is 2. The summed E-state index contributed by atoms with van der Waals surface area (Å²) in [6.07, 6.45) is 0.0000376. The molecule has 1 N–H and O–H groups in total. The fourth-order valence-electron chi connectivity index (χ4n) is 3.24. The Morgan fingerprint density at radius 1 is 1.22 bits per heavy atom. The Kier molecular flexibility index (Phi) is 7.60. The molecule has 0 aromatic heterocycles. The molecule has 0 spiro atoms. The van der Waals surface area contributed by atoms with Crippen molar-refractivity contribution in [2.75, 3.05) is 25.6 Å². The van der Waals surface area contributed by atoms with Crippen LogP contribution in [0.3, 0.4) is 0 Å². The molecule has 0 bridgehead atoms. The molecule has 2 amide bonds. The Morgan fingerprint density at radius 2 is 1.88 bits per heavy atom. The average Bonchev–Trinajstić information content (AvgIpc) is 3.03. The predicted molar refractivity (Wildman–Crippen MR) is 124 cm³/mol. The number of carbonyl (C=O) groups excluding carboxylic acids is 2. The summed E-state index contributed by atoms with van der Waals surface area (Å²) in [5.41, 5.74) is 3.09. The highest BCUT2D eigenvalue weighted by Crippen LogP contribution is 2.32. The Hall–Kier alpha value is -3.24. The number of ether oxygens (including phenoxy) is 1. The van der Waals surface area contributed by atoms with Crippen molar-refractivity contribution >= 4 is 45.8 Å². The van der Waals surface area contributed by atoms with Crippen molar-refractivity contribution in [3.8, 4) is 0 Å². The number of para-hydroxylation sites is 1. The van der Waals surface area contributed by atoms with E-state index in [1.165, 1.54) is 48.0 Å². The van der Waals surface area contributed by atoms with E-state index in [9.17, 15) is 19.7 Å². The molecule has 168 valence electrons. The van der Waals surface area contributed by atoms with Crippen LogP contribution < -0.4 is 5.32 Å². The fraction of sp³-hybridized carbons (Fsp3) is 0.318. The van der Waals surface area contributed by atoms with Gasteiger partial charge in [0.1, 0.15) is 5.25 Å². The van der Waals surface area contributed by atoms with Gasteiger partial charge in [0, 0.05) is 31.4 Å². The minimum absolute atomic E-state index is 0.0000376. The number of methoxy groups -OCH3 is 1. The van der Waals surface area contributed by atoms with E-state index in [-0.39, 0.29) is 23.9 Å². The first kappa shape index (κ1) is 23.4. The highest BCUT2D eigenvalue weighted by Gasteiger charge is 2.39. The molecule has 10 heteroatoms. The lowest BCUT2D eigenvalue weighted by Crippen LogP contribution is -2.35. The zero-order valence-electron chi connectivity index (χ0n) is 18.0. The van der Waals surface area contributed by atoms with E-state index in [4.69, 9.17) is 4.74 Å². The number of nitrogens with zero attached hydrogens (tertiary/aromatic N) is 3. The first-order valence-electron chi connectivity index (χ1n) is 9.96. The molecule has 1 atom stereocenters. The zero-order valence-corrected chi connectivity index (χ0v) is 18.8. The van der Waals surface area contributed by atoms with E-state index < -0.39 is 10.2 Å². The van der Waals surface area contributed by atoms with E-state index in [0.717, 1.165) is 16.8 Å². The fourth-order valence-corrected chi connectivity index (χ4v) is 4.43. The molecule has 9 nitrogen and oxygen atoms in total. The molecule has 1 heterocycles. The van der Waals surface area contributed by atoms with Gasteiger partial charge in [0.05, 0.1) is 23.8 Å². The number of rotatable bonds is 8. The van der Waals surface area contributed by atoms with E-state index in [1.807, 2.05) is 32.0 Å². The Morgan fingerprint density at radius 3 is 2.47 bits per heavy atom. The molecular formula is C22H24N4O5S. The number of anilines is 1. The van der Waals surface area contributed by atoms with Crippen LogP contribution in [0.25, 0.3) is 0 Å². The van der Waals surface area contributed by atoms with Gasteiger partial charge in [0.15, 0.2) is 5.17 Å². The van der Waals surface area contributed by atoms with Crippen molar-refractivity contribution in [1.82, 2.24) is 4.90 Å². The molecule has 0 aliphatic carbocycles. The molecule has 0 radical (unpaired) electrons. The maximum Gasteiger partial charge on any atom is 0.269 e. The predicted octanol–water partition coefficient (Wildman–Crippen LogP) is 3.82. The molecule has 1 aliphatic heterocycles. The Labute approximate surface area is 190 Å². The topological polar surface area (TPSA) is 114 Å². The normalized spacial score (nSPS) is 17.1. The largest absolute Gasteiger partial charge is 0.383 e. The molecule has 1 fully saturated rings. The van der Waals surface area contributed by atoms with Gasteiger partial charge >= 0.3 is 0 Å². The summed E-state index contributed by atoms with van der Waals surface area (Å²) in [4.78, 5) is 42.0. The number of hydrogen-bond donors (Lipinski definition) is 1. The number of nitro benzene ring substituents is 1. The Bertz CT molecular complexity index is 1030. The van der Waals surface area contributed by atoms with Crippen LogP contribution in [0.4, 0.5) is 17.1 Å². The summed E-state index contributed by atoms with van der Waals surface area (Å²) in [5.74, 6) is -0.471. The Balaban J connectivity index is 1.77. The third-order valence-corrected chi connectivity index (χ3v) is 6.12. The second kappa shape index (κ2) is 10.4. The second-order valence-electron chi connectivity index (χ2n) is 7.28. The van der Waals surface area contributed by atoms with Crippen LogP contribution in [0.15, 0.2) is 47.5 Å². The maximum atomic E-state index is 13.0. The molecule has 2 aromatic rings. The van der Waals surface area contributed by atoms with Crippen LogP contribution in [0.5, 0.6) is 0 Å². The average molecular weight is 457 g/mol. The summed E-state index contributed by atoms with van der Waals surface area (Å²) < 4.78 is 5.10. The minimum atomic E-state index is -0.618. The standard InChI is InChI=1S/C22H24N4O5S/c1-14-5-4-6-15(2)20(14)24-19(27)13-18-21(28)25(11-12-31-3)22(32-18)23-16-7-9-17(10-8-16)26(29)30/h4-10,18H,11-13H2,1-3H3,(H,24,27)/t18-/m0/s1. The summed E-state index contributed by atoms with van der Waals surface area (Å²) in [5, 5.41) is 13.6. The summed E-state index contributed by atoms with van der Waals surface area (Å²) in [6.45, 7) is 4.44. The van der Waals surface area contributed by atoms with Gasteiger partial charge in [-0.1, -0.05) is 30.0 Å². The summed E-state index contributed by atoms with van der Waals surface area (Å²) >= 11 is 1.21. The van der Waals surface area contributed by atoms with E-state index in [2.05, 4.69) is 10.3 Å². The van der Waals surface area contributed by atoms with Crippen molar-refractivity contribution in [2.24, 2.45) is 4.99 Å². The highest BCUT2D eigenvalue weighted by molar-refractivity contribution is 8.15. The number of nitrogens with one attached hydrogen (secondary N) is 1. The summed E-state index contributed by atoms with van der Waals surface area (Å²) in [7, 11) is 1.54. The second-order valence-corrected chi connectivity index (χ2v) is 8.45. The number of carbonyl (C=O) groups is 2. The lowest BCUT2D eigenvalue weighted by atomic mass is 10.1. The molecule has 1 saturated heterocycles. The first-order chi connectivity index (χ1) is 15.3. The molecule has 0 saturated carbocycles. The van der Waals surface area contributed by atoms with Gasteiger partial charge in [-0.15, -0.1) is 0 Å². The SMILES string of the molecule is COCCN1C(=O)[C@H](CC(=O)Nc2c(C)cccc2C)SC1=Nc1ccc([N+](=O)[O-])cc1. The maximum absolute atomic E-state index is 13.0. The van der Waals surface area contributed by atoms with Crippen LogP contribution in [-0.2, 0) is 14.3 Å². The molecule has 1 aliphatic rings. The third kappa shape index (κ3) is 5.51. The molecule has 0 unspecified atom stereocenters. The van der Waals surface area contributed by atoms with Crippen LogP contribution >= 0.6 is 11.8 Å². The van der Waals surface area contributed by atoms with Gasteiger partial charge in [-0.25, -0.2) is 4.99 Å². The van der Waals surface area contributed by atoms with Gasteiger partial charge in [0.25, 0.3) is 5.69 Å². The van der Waals surface area contributed by atoms with Crippen LogP contribution in [0, 0.1) is 24.0 Å². The summed E-state index contributed by atoms with van der Waals surface area (Å²) in [6, 6.07) is 11.5. The van der Waals surface area contributed by atoms with Crippen molar-refractivity contribution in [1.29, 1.82) is 0 Å². The number of non-ortho nitro benzene ring substituents is 1. The number of aryl methyl sites for hydroxylation is 2. The number of amides is 2. The van der Waals surface area contributed by atoms with Crippen molar-refractivity contribution in [3.05, 3.63) is 63.7 Å². The van der Waals surface area contributed by atoms with E-state index >= 15 is 0 Å². The lowest BCUT2D eigenvalue weighted by Gasteiger charge is -2.16. The zero-order chi connectivity index (χ0) is 23.3. The van der Waals surface area contributed by atoms with Crippen molar-refractivity contribution < 1.29 is 19.2 Å². The molecule has 32 heavy (non-hydrogen) atoms. The van der Waals surface area contributed by atoms with Gasteiger partial charge in [0.2, 0.25) is 11.8 Å². The highest BCUT2D eigenvalue weighted by atomic mass is 32.2. The van der Waals surface area contributed by atoms with Gasteiger partial charge in [-0.05, 0) is 37.1 Å². The monoisotopic (exact) mass is 456 g/mol. The number of aliphatic imine (C=N–C) groups is 1. The van der Waals surface area contributed by atoms with E-state index in [0.29, 0.717) is 24.0 Å². The van der Waals surface area contributed by atoms with Crippen molar-refractivity contribution in [3.63, 3.8) is 0 Å². The quantitative estimate of drug-likeness (QED) is 0.477. The molecule has 2 aromatic carbocycles. The van der Waals surface area contributed by atoms with E-state index in [1.54, 1.807) is 0 Å². The van der Waals surface area contributed by atoms with Crippen LogP contribution in [0.1, 0.15) is 17.5 Å². The number of nitro groups is 1. The molecular weight excluding hydrogens is 432 g/mol. The number of amidine groups is 1. The third-order valence-electron chi connectivity index (χ3n) is 4.94. The van der Waals surface area contributed by atoms with Gasteiger partial charge in [-0.2, -0.15) is 0 Å². The number of thioether (sulfide) groups is 1. The smallest absolute Gasteiger partial charge is 0.269 e. The van der Waals surface area contributed by atoms with Crippen LogP contribution in [0.2, 0.25) is 0 Å². The number of hydrogen-bond acceptors (Lipinski definition) is 7. The van der Waals surface area contributed by atoms with Gasteiger partial charge in [-0.3, -0.25) is 24.6 Å².